The molecule has 0 aliphatic carbocycles. The van der Waals surface area contributed by atoms with Crippen molar-refractivity contribution in [1.82, 2.24) is 4.57 Å². The van der Waals surface area contributed by atoms with E-state index < -0.39 is 11.4 Å². The number of aromatic nitrogens is 1. The van der Waals surface area contributed by atoms with Crippen molar-refractivity contribution in [2.24, 2.45) is 0 Å². The number of carbonyl (C=O) groups is 1. The predicted octanol–water partition coefficient (Wildman–Crippen LogP) is 2.85. The Bertz CT molecular complexity index is 704. The molecule has 21 heavy (non-hydrogen) atoms. The number of aryl methyl sites for hydroxylation is 1. The number of carbonyl (C=O) groups excluding carboxylic acids is 1. The highest BCUT2D eigenvalue weighted by molar-refractivity contribution is 5.90. The summed E-state index contributed by atoms with van der Waals surface area (Å²) < 4.78 is 19.6. The van der Waals surface area contributed by atoms with Crippen LogP contribution in [0.15, 0.2) is 41.5 Å². The molecule has 0 aliphatic heterocycles. The van der Waals surface area contributed by atoms with Crippen molar-refractivity contribution in [3.63, 3.8) is 0 Å². The molecule has 0 aliphatic rings. The Hall–Kier alpha value is -2.43. The second-order valence-electron chi connectivity index (χ2n) is 4.47. The molecule has 0 fully saturated rings. The van der Waals surface area contributed by atoms with E-state index in [1.165, 1.54) is 30.5 Å². The minimum Gasteiger partial charge on any atom is -0.462 e. The molecule has 110 valence electrons. The van der Waals surface area contributed by atoms with E-state index in [1.807, 2.05) is 6.92 Å². The lowest BCUT2D eigenvalue weighted by Gasteiger charge is -2.10. The molecular formula is C16H16FNO3. The van der Waals surface area contributed by atoms with Gasteiger partial charge < -0.3 is 9.30 Å². The van der Waals surface area contributed by atoms with Gasteiger partial charge in [0.05, 0.1) is 6.61 Å². The van der Waals surface area contributed by atoms with Crippen molar-refractivity contribution in [3.05, 3.63) is 58.3 Å². The average molecular weight is 289 g/mol. The van der Waals surface area contributed by atoms with Crippen molar-refractivity contribution in [2.75, 3.05) is 6.61 Å². The molecule has 5 heteroatoms. The monoisotopic (exact) mass is 289 g/mol. The molecule has 0 atom stereocenters. The Morgan fingerprint density at radius 1 is 1.19 bits per heavy atom. The number of benzene rings is 1. The summed E-state index contributed by atoms with van der Waals surface area (Å²) >= 11 is 0. The summed E-state index contributed by atoms with van der Waals surface area (Å²) in [6, 6.07) is 5.59. The maximum absolute atomic E-state index is 13.0. The number of hydrogen-bond acceptors (Lipinski definition) is 3. The smallest absolute Gasteiger partial charge is 0.343 e. The number of nitrogens with zero attached hydrogens (tertiary/aromatic N) is 1. The van der Waals surface area contributed by atoms with Crippen LogP contribution in [0.4, 0.5) is 4.39 Å². The van der Waals surface area contributed by atoms with Gasteiger partial charge in [-0.3, -0.25) is 4.79 Å². The van der Waals surface area contributed by atoms with Crippen LogP contribution in [-0.4, -0.2) is 17.1 Å². The Kier molecular flexibility index (Phi) is 4.52. The molecule has 4 nitrogen and oxygen atoms in total. The van der Waals surface area contributed by atoms with Gasteiger partial charge in [-0.1, -0.05) is 12.1 Å². The van der Waals surface area contributed by atoms with Crippen LogP contribution >= 0.6 is 0 Å². The third-order valence-corrected chi connectivity index (χ3v) is 3.09. The second kappa shape index (κ2) is 6.35. The Labute approximate surface area is 121 Å². The van der Waals surface area contributed by atoms with E-state index in [0.29, 0.717) is 17.7 Å². The van der Waals surface area contributed by atoms with Gasteiger partial charge in [-0.2, -0.15) is 0 Å². The first-order valence-electron chi connectivity index (χ1n) is 6.74. The van der Waals surface area contributed by atoms with Crippen molar-refractivity contribution in [3.8, 4) is 11.1 Å². The van der Waals surface area contributed by atoms with Crippen LogP contribution in [0, 0.1) is 5.82 Å². The summed E-state index contributed by atoms with van der Waals surface area (Å²) in [5, 5.41) is 0. The van der Waals surface area contributed by atoms with Crippen LogP contribution in [0.1, 0.15) is 24.2 Å². The molecule has 0 amide bonds. The number of hydrogen-bond donors (Lipinski definition) is 0. The van der Waals surface area contributed by atoms with Gasteiger partial charge >= 0.3 is 5.97 Å². The fourth-order valence-corrected chi connectivity index (χ4v) is 2.00. The summed E-state index contributed by atoms with van der Waals surface area (Å²) in [4.78, 5) is 24.3. The van der Waals surface area contributed by atoms with Crippen LogP contribution in [0.25, 0.3) is 11.1 Å². The van der Waals surface area contributed by atoms with Gasteiger partial charge in [0, 0.05) is 24.5 Å². The van der Waals surface area contributed by atoms with Gasteiger partial charge in [0.1, 0.15) is 11.4 Å². The van der Waals surface area contributed by atoms with Crippen LogP contribution in [0.2, 0.25) is 0 Å². The molecule has 0 bridgehead atoms. The van der Waals surface area contributed by atoms with Gasteiger partial charge in [-0.05, 0) is 31.5 Å². The Morgan fingerprint density at radius 3 is 2.43 bits per heavy atom. The fraction of sp³-hybridized carbons (Fsp3) is 0.250. The van der Waals surface area contributed by atoms with Gasteiger partial charge in [0.2, 0.25) is 5.43 Å². The van der Waals surface area contributed by atoms with Gasteiger partial charge in [-0.15, -0.1) is 0 Å². The highest BCUT2D eigenvalue weighted by Crippen LogP contribution is 2.17. The summed E-state index contributed by atoms with van der Waals surface area (Å²) in [6.45, 7) is 4.37. The lowest BCUT2D eigenvalue weighted by molar-refractivity contribution is 0.0524. The van der Waals surface area contributed by atoms with E-state index in [-0.39, 0.29) is 18.0 Å². The summed E-state index contributed by atoms with van der Waals surface area (Å²) in [5.41, 5.74) is 0.488. The molecule has 2 aromatic rings. The summed E-state index contributed by atoms with van der Waals surface area (Å²) in [7, 11) is 0. The molecule has 0 saturated heterocycles. The highest BCUT2D eigenvalue weighted by atomic mass is 19.1. The van der Waals surface area contributed by atoms with E-state index in [1.54, 1.807) is 17.7 Å². The normalized spacial score (nSPS) is 10.4. The number of halogens is 1. The SMILES string of the molecule is CCOC(=O)c1cn(CC)cc(-c2ccc(F)cc2)c1=O. The second-order valence-corrected chi connectivity index (χ2v) is 4.47. The van der Waals surface area contributed by atoms with E-state index in [0.717, 1.165) is 0 Å². The molecule has 1 aromatic heterocycles. The molecule has 2 rings (SSSR count). The first-order chi connectivity index (χ1) is 10.1. The lowest BCUT2D eigenvalue weighted by atomic mass is 10.0. The molecule has 0 spiro atoms. The van der Waals surface area contributed by atoms with Gasteiger partial charge in [0.25, 0.3) is 0 Å². The summed E-state index contributed by atoms with van der Waals surface area (Å²) in [6.07, 6.45) is 3.13. The molecular weight excluding hydrogens is 273 g/mol. The largest absolute Gasteiger partial charge is 0.462 e. The third kappa shape index (κ3) is 3.18. The molecule has 1 aromatic carbocycles. The Morgan fingerprint density at radius 2 is 1.86 bits per heavy atom. The van der Waals surface area contributed by atoms with Crippen molar-refractivity contribution < 1.29 is 13.9 Å². The van der Waals surface area contributed by atoms with E-state index in [2.05, 4.69) is 0 Å². The summed E-state index contributed by atoms with van der Waals surface area (Å²) in [5.74, 6) is -1.02. The number of ether oxygens (including phenoxy) is 1. The fourth-order valence-electron chi connectivity index (χ4n) is 2.00. The molecule has 0 N–H and O–H groups in total. The highest BCUT2D eigenvalue weighted by Gasteiger charge is 2.16. The first-order valence-corrected chi connectivity index (χ1v) is 6.74. The van der Waals surface area contributed by atoms with Gasteiger partial charge in [-0.25, -0.2) is 9.18 Å². The zero-order valence-electron chi connectivity index (χ0n) is 11.9. The first kappa shape index (κ1) is 15.0. The number of rotatable bonds is 4. The molecule has 0 radical (unpaired) electrons. The van der Waals surface area contributed by atoms with Crippen LogP contribution in [0.3, 0.4) is 0 Å². The van der Waals surface area contributed by atoms with Crippen molar-refractivity contribution >= 4 is 5.97 Å². The number of esters is 1. The molecule has 0 unspecified atom stereocenters. The zero-order valence-corrected chi connectivity index (χ0v) is 11.9. The topological polar surface area (TPSA) is 48.3 Å². The van der Waals surface area contributed by atoms with Crippen LogP contribution in [-0.2, 0) is 11.3 Å². The average Bonchev–Trinajstić information content (AvgIpc) is 2.49. The van der Waals surface area contributed by atoms with E-state index in [9.17, 15) is 14.0 Å². The van der Waals surface area contributed by atoms with Gasteiger partial charge in [0.15, 0.2) is 0 Å². The van der Waals surface area contributed by atoms with Crippen molar-refractivity contribution in [2.45, 2.75) is 20.4 Å². The zero-order chi connectivity index (χ0) is 15.4. The van der Waals surface area contributed by atoms with Crippen molar-refractivity contribution in [1.29, 1.82) is 0 Å². The third-order valence-electron chi connectivity index (χ3n) is 3.09. The van der Waals surface area contributed by atoms with E-state index >= 15 is 0 Å². The van der Waals surface area contributed by atoms with Crippen LogP contribution < -0.4 is 5.43 Å². The van der Waals surface area contributed by atoms with E-state index in [4.69, 9.17) is 4.74 Å². The standard InChI is InChI=1S/C16H16FNO3/c1-3-18-9-13(11-5-7-12(17)8-6-11)15(19)14(10-18)16(20)21-4-2/h5-10H,3-4H2,1-2H3. The van der Waals surface area contributed by atoms with Crippen LogP contribution in [0.5, 0.6) is 0 Å². The minimum atomic E-state index is -0.645. The predicted molar refractivity (Wildman–Crippen MR) is 77.7 cm³/mol. The maximum Gasteiger partial charge on any atom is 0.343 e. The molecule has 0 saturated carbocycles. The maximum atomic E-state index is 13.0. The lowest BCUT2D eigenvalue weighted by Crippen LogP contribution is -2.21. The number of pyridine rings is 1. The quantitative estimate of drug-likeness (QED) is 0.813. The molecule has 1 heterocycles. The Balaban J connectivity index is 2.60. The minimum absolute atomic E-state index is 0.0134.